The number of rotatable bonds is 8. The van der Waals surface area contributed by atoms with Gasteiger partial charge in [0.25, 0.3) is 5.69 Å². The van der Waals surface area contributed by atoms with Crippen LogP contribution < -0.4 is 16.7 Å². The van der Waals surface area contributed by atoms with Gasteiger partial charge >= 0.3 is 11.7 Å². The maximum absolute atomic E-state index is 14.1. The molecule has 50 heavy (non-hydrogen) atoms. The van der Waals surface area contributed by atoms with E-state index in [1.807, 2.05) is 17.0 Å². The van der Waals surface area contributed by atoms with Crippen LogP contribution in [0.4, 0.5) is 16.2 Å². The molecular weight excluding hydrogens is 772 g/mol. The molecule has 3 amide bonds. The topological polar surface area (TPSA) is 163 Å². The number of carbonyl (C=O) groups is 2. The van der Waals surface area contributed by atoms with Gasteiger partial charge in [-0.2, -0.15) is 0 Å². The van der Waals surface area contributed by atoms with Crippen LogP contribution in [-0.2, 0) is 11.2 Å². The number of hydrogen-bond donors (Lipinski definition) is 3. The lowest BCUT2D eigenvalue weighted by atomic mass is 9.79. The zero-order valence-electron chi connectivity index (χ0n) is 28.2. The monoisotopic (exact) mass is 814 g/mol. The lowest BCUT2D eigenvalue weighted by Crippen LogP contribution is -2.55. The van der Waals surface area contributed by atoms with Gasteiger partial charge in [-0.25, -0.2) is 9.59 Å². The molecule has 3 aromatic rings. The molecule has 13 nitrogen and oxygen atoms in total. The highest BCUT2D eigenvalue weighted by Gasteiger charge is 2.35. The van der Waals surface area contributed by atoms with E-state index < -0.39 is 11.0 Å². The molecule has 0 aliphatic carbocycles. The summed E-state index contributed by atoms with van der Waals surface area (Å²) in [5.74, 6) is 1.26. The van der Waals surface area contributed by atoms with E-state index in [1.54, 1.807) is 27.8 Å². The summed E-state index contributed by atoms with van der Waals surface area (Å²) in [6.07, 6.45) is 7.47. The first-order chi connectivity index (χ1) is 24.0. The lowest BCUT2D eigenvalue weighted by Gasteiger charge is -2.40. The van der Waals surface area contributed by atoms with Gasteiger partial charge in [-0.15, -0.1) is 0 Å². The fourth-order valence-electron chi connectivity index (χ4n) is 7.70. The first-order valence-corrected chi connectivity index (χ1v) is 18.9. The Bertz CT molecular complexity index is 1750. The number of aromatic nitrogens is 2. The quantitative estimate of drug-likeness (QED) is 0.156. The van der Waals surface area contributed by atoms with E-state index in [0.29, 0.717) is 83.2 Å². The second-order valence-corrected chi connectivity index (χ2v) is 15.6. The summed E-state index contributed by atoms with van der Waals surface area (Å²) in [6, 6.07) is 8.70. The second-order valence-electron chi connectivity index (χ2n) is 13.9. The number of nitrogen functional groups attached to an aromatic ring is 1. The van der Waals surface area contributed by atoms with Gasteiger partial charge < -0.3 is 30.7 Å². The molecule has 2 aromatic carbocycles. The Morgan fingerprint density at radius 3 is 2.18 bits per heavy atom. The molecule has 1 atom stereocenters. The number of hydrogen-bond acceptors (Lipinski definition) is 7. The summed E-state index contributed by atoms with van der Waals surface area (Å²) in [5, 5.41) is 14.3. The van der Waals surface area contributed by atoms with Crippen molar-refractivity contribution in [2.45, 2.75) is 57.0 Å². The average molecular weight is 817 g/mol. The van der Waals surface area contributed by atoms with Gasteiger partial charge in [-0.1, -0.05) is 12.1 Å². The number of urea groups is 1. The van der Waals surface area contributed by atoms with Crippen LogP contribution in [0.2, 0.25) is 0 Å². The Morgan fingerprint density at radius 2 is 1.56 bits per heavy atom. The van der Waals surface area contributed by atoms with Crippen molar-refractivity contribution >= 4 is 55.2 Å². The second kappa shape index (κ2) is 15.7. The SMILES string of the molecule is CN1CCC(C2CCN(C(=O)[C@H](Cc3cc(Br)c(N)c(Br)c3)NC(=O)N3CCC(n4cc(-c5cccc([N+](=O)[O-])c5)[nH]c4=O)CC3)CC2)CC1. The van der Waals surface area contributed by atoms with E-state index in [0.717, 1.165) is 31.5 Å². The van der Waals surface area contributed by atoms with Crippen LogP contribution in [0.1, 0.15) is 50.1 Å². The molecule has 0 unspecified atom stereocenters. The number of H-pyrrole nitrogens is 1. The molecule has 15 heteroatoms. The van der Waals surface area contributed by atoms with Gasteiger partial charge in [0.05, 0.1) is 16.3 Å². The van der Waals surface area contributed by atoms with Gasteiger partial charge in [0.15, 0.2) is 0 Å². The number of aromatic amines is 1. The third-order valence-corrected chi connectivity index (χ3v) is 12.0. The smallest absolute Gasteiger partial charge is 0.326 e. The number of halogens is 2. The Kier molecular flexibility index (Phi) is 11.3. The molecule has 0 saturated carbocycles. The van der Waals surface area contributed by atoms with E-state index >= 15 is 0 Å². The molecule has 268 valence electrons. The Hall–Kier alpha value is -3.69. The Morgan fingerprint density at radius 1 is 0.960 bits per heavy atom. The fraction of sp³-hybridized carbons (Fsp3) is 0.514. The number of nitro groups is 1. The standard InChI is InChI=1S/C35H44Br2N8O5/c1-41-11-5-23(6-12-41)24-7-13-42(14-8-24)33(46)30(19-22-17-28(36)32(38)29(37)18-22)39-34(47)43-15-9-26(10-16-43)44-21-31(40-35(44)48)25-3-2-4-27(20-25)45(49)50/h2-4,17-18,20-21,23-24,26,30H,5-16,19,38H2,1H3,(H,39,47)(H,40,48)/t30-/m0/s1. The Labute approximate surface area is 308 Å². The third kappa shape index (κ3) is 8.26. The highest BCUT2D eigenvalue weighted by atomic mass is 79.9. The molecule has 3 fully saturated rings. The van der Waals surface area contributed by atoms with Gasteiger partial charge in [-0.05, 0) is 120 Å². The molecule has 4 heterocycles. The zero-order chi connectivity index (χ0) is 35.5. The van der Waals surface area contributed by atoms with Crippen molar-refractivity contribution in [2.24, 2.45) is 11.8 Å². The highest BCUT2D eigenvalue weighted by Crippen LogP contribution is 2.34. The van der Waals surface area contributed by atoms with Crippen molar-refractivity contribution in [3.8, 4) is 11.3 Å². The molecule has 3 saturated heterocycles. The van der Waals surface area contributed by atoms with Crippen molar-refractivity contribution in [1.82, 2.24) is 29.6 Å². The molecule has 4 N–H and O–H groups in total. The molecule has 1 aromatic heterocycles. The number of nitrogens with zero attached hydrogens (tertiary/aromatic N) is 5. The zero-order valence-corrected chi connectivity index (χ0v) is 31.3. The summed E-state index contributed by atoms with van der Waals surface area (Å²) >= 11 is 7.03. The highest BCUT2D eigenvalue weighted by molar-refractivity contribution is 9.11. The van der Waals surface area contributed by atoms with Gasteiger partial charge in [0.1, 0.15) is 6.04 Å². The van der Waals surface area contributed by atoms with Gasteiger partial charge in [-0.3, -0.25) is 19.5 Å². The molecule has 6 rings (SSSR count). The lowest BCUT2D eigenvalue weighted by molar-refractivity contribution is -0.384. The van der Waals surface area contributed by atoms with Crippen molar-refractivity contribution in [3.05, 3.63) is 77.7 Å². The number of benzene rings is 2. The summed E-state index contributed by atoms with van der Waals surface area (Å²) in [4.78, 5) is 60.3. The van der Waals surface area contributed by atoms with Crippen molar-refractivity contribution in [3.63, 3.8) is 0 Å². The normalized spacial score (nSPS) is 19.0. The van der Waals surface area contributed by atoms with Crippen LogP contribution in [-0.4, -0.2) is 93.5 Å². The van der Waals surface area contributed by atoms with Crippen LogP contribution in [0.5, 0.6) is 0 Å². The number of anilines is 1. The van der Waals surface area contributed by atoms with Crippen LogP contribution >= 0.6 is 31.9 Å². The van der Waals surface area contributed by atoms with Crippen molar-refractivity contribution in [1.29, 1.82) is 0 Å². The van der Waals surface area contributed by atoms with Crippen LogP contribution in [0.25, 0.3) is 11.3 Å². The maximum atomic E-state index is 14.1. The largest absolute Gasteiger partial charge is 0.397 e. The first kappa shape index (κ1) is 36.1. The summed E-state index contributed by atoms with van der Waals surface area (Å²) in [6.45, 7) is 4.44. The number of nitrogens with one attached hydrogen (secondary N) is 2. The van der Waals surface area contributed by atoms with Crippen LogP contribution in [0, 0.1) is 22.0 Å². The number of carbonyl (C=O) groups excluding carboxylic acids is 2. The maximum Gasteiger partial charge on any atom is 0.326 e. The fourth-order valence-corrected chi connectivity index (χ4v) is 8.99. The molecule has 3 aliphatic heterocycles. The van der Waals surface area contributed by atoms with E-state index in [-0.39, 0.29) is 29.4 Å². The minimum atomic E-state index is -0.757. The van der Waals surface area contributed by atoms with Gasteiger partial charge in [0, 0.05) is 71.5 Å². The van der Waals surface area contributed by atoms with E-state index in [9.17, 15) is 24.5 Å². The number of piperidine rings is 3. The summed E-state index contributed by atoms with van der Waals surface area (Å²) < 4.78 is 3.05. The molecule has 0 bridgehead atoms. The number of imidazole rings is 1. The minimum absolute atomic E-state index is 0.0546. The number of non-ortho nitro benzene ring substituents is 1. The number of nitro benzene ring substituents is 1. The van der Waals surface area contributed by atoms with Crippen LogP contribution in [0.3, 0.4) is 0 Å². The molecule has 0 radical (unpaired) electrons. The van der Waals surface area contributed by atoms with Crippen molar-refractivity contribution in [2.75, 3.05) is 52.0 Å². The Balaban J connectivity index is 1.10. The first-order valence-electron chi connectivity index (χ1n) is 17.3. The number of nitrogens with two attached hydrogens (primary N) is 1. The minimum Gasteiger partial charge on any atom is -0.397 e. The predicted molar refractivity (Wildman–Crippen MR) is 199 cm³/mol. The molecule has 0 spiro atoms. The average Bonchev–Trinajstić information content (AvgIpc) is 3.51. The third-order valence-electron chi connectivity index (χ3n) is 10.7. The number of amides is 3. The summed E-state index contributed by atoms with van der Waals surface area (Å²) in [7, 11) is 2.18. The van der Waals surface area contributed by atoms with E-state index in [2.05, 4.69) is 54.1 Å². The van der Waals surface area contributed by atoms with Gasteiger partial charge in [0.2, 0.25) is 5.91 Å². The predicted octanol–water partition coefficient (Wildman–Crippen LogP) is 5.40. The molecular formula is C35H44Br2N8O5. The van der Waals surface area contributed by atoms with E-state index in [1.165, 1.54) is 25.0 Å². The van der Waals surface area contributed by atoms with Crippen LogP contribution in [0.15, 0.2) is 56.3 Å². The van der Waals surface area contributed by atoms with E-state index in [4.69, 9.17) is 5.73 Å². The van der Waals surface area contributed by atoms with Crippen molar-refractivity contribution < 1.29 is 14.5 Å². The summed E-state index contributed by atoms with van der Waals surface area (Å²) in [5.41, 5.74) is 8.25. The number of likely N-dealkylation sites (tertiary alicyclic amines) is 3. The molecule has 3 aliphatic rings.